The van der Waals surface area contributed by atoms with Crippen LogP contribution in [0.5, 0.6) is 0 Å². The molecule has 0 radical (unpaired) electrons. The van der Waals surface area contributed by atoms with Gasteiger partial charge in [0.25, 0.3) is 5.91 Å². The molecule has 14 heavy (non-hydrogen) atoms. The molecular formula is C10H19ClN2O. The predicted octanol–water partition coefficient (Wildman–Crippen LogP) is 1.59. The minimum Gasteiger partial charge on any atom is -0.351 e. The molecule has 0 saturated heterocycles. The lowest BCUT2D eigenvalue weighted by Crippen LogP contribution is -2.29. The zero-order valence-electron chi connectivity index (χ0n) is 8.98. The first-order chi connectivity index (χ1) is 6.61. The summed E-state index contributed by atoms with van der Waals surface area (Å²) in [5.74, 6) is -0.272. The number of nitrogens with zero attached hydrogens (tertiary/aromatic N) is 1. The molecule has 0 heterocycles. The molecule has 0 saturated carbocycles. The van der Waals surface area contributed by atoms with Crippen molar-refractivity contribution in [1.29, 1.82) is 0 Å². The first-order valence-electron chi connectivity index (χ1n) is 4.96. The van der Waals surface area contributed by atoms with Crippen LogP contribution in [-0.4, -0.2) is 37.0 Å². The van der Waals surface area contributed by atoms with E-state index in [9.17, 15) is 4.79 Å². The smallest absolute Gasteiger partial charge is 0.262 e. The summed E-state index contributed by atoms with van der Waals surface area (Å²) < 4.78 is 0. The van der Waals surface area contributed by atoms with E-state index in [1.165, 1.54) is 0 Å². The van der Waals surface area contributed by atoms with Crippen molar-refractivity contribution in [2.24, 2.45) is 0 Å². The van der Waals surface area contributed by atoms with Gasteiger partial charge in [0, 0.05) is 6.54 Å². The maximum atomic E-state index is 11.0. The molecule has 0 unspecified atom stereocenters. The fourth-order valence-corrected chi connectivity index (χ4v) is 1.21. The van der Waals surface area contributed by atoms with Crippen molar-refractivity contribution in [2.75, 3.05) is 26.2 Å². The third-order valence-corrected chi connectivity index (χ3v) is 2.25. The van der Waals surface area contributed by atoms with E-state index < -0.39 is 0 Å². The summed E-state index contributed by atoms with van der Waals surface area (Å²) in [6.45, 7) is 11.4. The Morgan fingerprint density at radius 2 is 2.00 bits per heavy atom. The fourth-order valence-electron chi connectivity index (χ4n) is 1.14. The minimum atomic E-state index is -0.272. The van der Waals surface area contributed by atoms with Crippen molar-refractivity contribution in [3.8, 4) is 0 Å². The number of rotatable bonds is 7. The van der Waals surface area contributed by atoms with Crippen LogP contribution in [-0.2, 0) is 4.79 Å². The van der Waals surface area contributed by atoms with Gasteiger partial charge in [-0.25, -0.2) is 0 Å². The molecule has 0 aliphatic heterocycles. The Morgan fingerprint density at radius 1 is 1.43 bits per heavy atom. The van der Waals surface area contributed by atoms with E-state index in [4.69, 9.17) is 11.6 Å². The van der Waals surface area contributed by atoms with Gasteiger partial charge in [0.05, 0.1) is 5.03 Å². The van der Waals surface area contributed by atoms with Gasteiger partial charge in [-0.05, 0) is 26.1 Å². The second kappa shape index (κ2) is 7.83. The van der Waals surface area contributed by atoms with Gasteiger partial charge in [0.1, 0.15) is 0 Å². The monoisotopic (exact) mass is 218 g/mol. The first kappa shape index (κ1) is 13.5. The second-order valence-corrected chi connectivity index (χ2v) is 3.50. The molecule has 0 bridgehead atoms. The van der Waals surface area contributed by atoms with Crippen molar-refractivity contribution in [3.63, 3.8) is 0 Å². The van der Waals surface area contributed by atoms with Crippen LogP contribution < -0.4 is 5.32 Å². The summed E-state index contributed by atoms with van der Waals surface area (Å²) in [6.07, 6.45) is 0.942. The van der Waals surface area contributed by atoms with Gasteiger partial charge in [-0.2, -0.15) is 0 Å². The Balaban J connectivity index is 3.46. The summed E-state index contributed by atoms with van der Waals surface area (Å²) in [5.41, 5.74) is 0. The highest BCUT2D eigenvalue weighted by atomic mass is 35.5. The van der Waals surface area contributed by atoms with Crippen LogP contribution in [0.2, 0.25) is 0 Å². The number of halogens is 1. The minimum absolute atomic E-state index is 0.0489. The standard InChI is InChI=1S/C10H19ClN2O/c1-4-13(5-2)8-6-7-12-10(14)9(3)11/h3-8H2,1-2H3,(H,12,14). The van der Waals surface area contributed by atoms with Gasteiger partial charge in [-0.3, -0.25) is 4.79 Å². The fraction of sp³-hybridized carbons (Fsp3) is 0.700. The Bertz CT molecular complexity index is 191. The van der Waals surface area contributed by atoms with Crippen LogP contribution in [0.4, 0.5) is 0 Å². The van der Waals surface area contributed by atoms with E-state index in [-0.39, 0.29) is 10.9 Å². The second-order valence-electron chi connectivity index (χ2n) is 3.04. The molecule has 0 aromatic rings. The average Bonchev–Trinajstić information content (AvgIpc) is 2.17. The van der Waals surface area contributed by atoms with E-state index in [0.717, 1.165) is 26.1 Å². The van der Waals surface area contributed by atoms with Crippen LogP contribution in [0.1, 0.15) is 20.3 Å². The number of carbonyl (C=O) groups excluding carboxylic acids is 1. The molecule has 0 spiro atoms. The van der Waals surface area contributed by atoms with Crippen LogP contribution in [0.15, 0.2) is 11.6 Å². The molecule has 0 fully saturated rings. The van der Waals surface area contributed by atoms with Gasteiger partial charge in [-0.1, -0.05) is 32.0 Å². The highest BCUT2D eigenvalue weighted by Crippen LogP contribution is 1.95. The SMILES string of the molecule is C=C(Cl)C(=O)NCCCN(CC)CC. The van der Waals surface area contributed by atoms with Gasteiger partial charge >= 0.3 is 0 Å². The topological polar surface area (TPSA) is 32.3 Å². The van der Waals surface area contributed by atoms with E-state index in [2.05, 4.69) is 30.6 Å². The van der Waals surface area contributed by atoms with E-state index in [1.54, 1.807) is 0 Å². The Morgan fingerprint density at radius 3 is 2.43 bits per heavy atom. The largest absolute Gasteiger partial charge is 0.351 e. The molecule has 1 N–H and O–H groups in total. The molecule has 0 rings (SSSR count). The van der Waals surface area contributed by atoms with Crippen molar-refractivity contribution < 1.29 is 4.79 Å². The van der Waals surface area contributed by atoms with Crippen molar-refractivity contribution in [2.45, 2.75) is 20.3 Å². The van der Waals surface area contributed by atoms with Crippen LogP contribution in [0.25, 0.3) is 0 Å². The van der Waals surface area contributed by atoms with Crippen LogP contribution >= 0.6 is 11.6 Å². The maximum Gasteiger partial charge on any atom is 0.262 e. The molecular weight excluding hydrogens is 200 g/mol. The van der Waals surface area contributed by atoms with Crippen molar-refractivity contribution in [3.05, 3.63) is 11.6 Å². The van der Waals surface area contributed by atoms with E-state index in [1.807, 2.05) is 0 Å². The number of hydrogen-bond donors (Lipinski definition) is 1. The van der Waals surface area contributed by atoms with Crippen LogP contribution in [0.3, 0.4) is 0 Å². The van der Waals surface area contributed by atoms with E-state index in [0.29, 0.717) is 6.54 Å². The summed E-state index contributed by atoms with van der Waals surface area (Å²) in [7, 11) is 0. The highest BCUT2D eigenvalue weighted by molar-refractivity contribution is 6.41. The Labute approximate surface area is 91.1 Å². The van der Waals surface area contributed by atoms with Gasteiger partial charge in [0.2, 0.25) is 0 Å². The molecule has 1 amide bonds. The summed E-state index contributed by atoms with van der Waals surface area (Å²) in [5, 5.41) is 2.74. The lowest BCUT2D eigenvalue weighted by Gasteiger charge is -2.17. The van der Waals surface area contributed by atoms with Crippen molar-refractivity contribution >= 4 is 17.5 Å². The average molecular weight is 219 g/mol. The third kappa shape index (κ3) is 6.00. The molecule has 82 valence electrons. The highest BCUT2D eigenvalue weighted by Gasteiger charge is 2.02. The zero-order chi connectivity index (χ0) is 11.0. The van der Waals surface area contributed by atoms with Gasteiger partial charge in [-0.15, -0.1) is 0 Å². The summed E-state index contributed by atoms with van der Waals surface area (Å²) in [6, 6.07) is 0. The van der Waals surface area contributed by atoms with Crippen LogP contribution in [0, 0.1) is 0 Å². The molecule has 4 heteroatoms. The molecule has 0 aliphatic carbocycles. The van der Waals surface area contributed by atoms with Crippen molar-refractivity contribution in [1.82, 2.24) is 10.2 Å². The number of hydrogen-bond acceptors (Lipinski definition) is 2. The van der Waals surface area contributed by atoms with Gasteiger partial charge in [0.15, 0.2) is 0 Å². The quantitative estimate of drug-likeness (QED) is 0.520. The zero-order valence-corrected chi connectivity index (χ0v) is 9.73. The predicted molar refractivity (Wildman–Crippen MR) is 60.4 cm³/mol. The third-order valence-electron chi connectivity index (χ3n) is 2.08. The molecule has 0 atom stereocenters. The number of carbonyl (C=O) groups is 1. The number of nitrogens with one attached hydrogen (secondary N) is 1. The maximum absolute atomic E-state index is 11.0. The lowest BCUT2D eigenvalue weighted by molar-refractivity contribution is -0.116. The Kier molecular flexibility index (Phi) is 7.52. The van der Waals surface area contributed by atoms with Gasteiger partial charge < -0.3 is 10.2 Å². The molecule has 0 aromatic heterocycles. The first-order valence-corrected chi connectivity index (χ1v) is 5.34. The molecule has 0 aliphatic rings. The summed E-state index contributed by atoms with van der Waals surface area (Å²) >= 11 is 5.41. The molecule has 3 nitrogen and oxygen atoms in total. The lowest BCUT2D eigenvalue weighted by atomic mass is 10.3. The molecule has 0 aromatic carbocycles. The Hall–Kier alpha value is -0.540. The van der Waals surface area contributed by atoms with E-state index >= 15 is 0 Å². The summed E-state index contributed by atoms with van der Waals surface area (Å²) in [4.78, 5) is 13.3. The number of amides is 1. The normalized spacial score (nSPS) is 10.3.